The summed E-state index contributed by atoms with van der Waals surface area (Å²) in [6, 6.07) is 17.3. The average Bonchev–Trinajstić information content (AvgIpc) is 3.77. The van der Waals surface area contributed by atoms with Gasteiger partial charge in [0, 0.05) is 35.8 Å². The van der Waals surface area contributed by atoms with Gasteiger partial charge in [-0.25, -0.2) is 13.6 Å². The van der Waals surface area contributed by atoms with Crippen molar-refractivity contribution in [1.29, 1.82) is 0 Å². The molecular formula is C31H28F2N2O4. The molecule has 0 unspecified atom stereocenters. The second-order valence-corrected chi connectivity index (χ2v) is 9.89. The number of ether oxygens (including phenoxy) is 1. The highest BCUT2D eigenvalue weighted by Crippen LogP contribution is 2.45. The van der Waals surface area contributed by atoms with Crippen molar-refractivity contribution in [1.82, 2.24) is 9.97 Å². The van der Waals surface area contributed by atoms with Crippen LogP contribution < -0.4 is 0 Å². The molecule has 0 spiro atoms. The van der Waals surface area contributed by atoms with Gasteiger partial charge in [0.25, 0.3) is 0 Å². The monoisotopic (exact) mass is 530 g/mol. The number of carbonyl (C=O) groups is 2. The number of benzene rings is 2. The van der Waals surface area contributed by atoms with Crippen LogP contribution in [-0.4, -0.2) is 39.3 Å². The zero-order valence-corrected chi connectivity index (χ0v) is 21.2. The third-order valence-corrected chi connectivity index (χ3v) is 6.92. The Kier molecular flexibility index (Phi) is 7.91. The molecule has 1 fully saturated rings. The van der Waals surface area contributed by atoms with Crippen molar-refractivity contribution in [2.45, 2.75) is 56.7 Å². The molecule has 1 N–H and O–H groups in total. The van der Waals surface area contributed by atoms with E-state index in [0.717, 1.165) is 46.1 Å². The molecule has 0 radical (unpaired) electrons. The van der Waals surface area contributed by atoms with E-state index in [-0.39, 0.29) is 24.2 Å². The van der Waals surface area contributed by atoms with Crippen molar-refractivity contribution in [2.75, 3.05) is 0 Å². The standard InChI is InChI=1S/C31H28F2N2O4/c32-22-11-9-19(10-12-22)29-25-5-1-2-6-27(25)35-30(20-7-8-20)26(29)14-13-24(16-23(33)17-28(36)37)39-31(38)21-4-3-15-34-18-21/h1-6,9-12,15,18,20,23-24H,7-8,13-14,16-17H2,(H,36,37)/t23-,24+/m0/s1. The fourth-order valence-electron chi connectivity index (χ4n) is 4.96. The lowest BCUT2D eigenvalue weighted by Crippen LogP contribution is -2.24. The van der Waals surface area contributed by atoms with Crippen LogP contribution in [0.15, 0.2) is 73.1 Å². The molecule has 4 aromatic rings. The van der Waals surface area contributed by atoms with Gasteiger partial charge < -0.3 is 9.84 Å². The molecule has 0 bridgehead atoms. The van der Waals surface area contributed by atoms with Crippen molar-refractivity contribution < 1.29 is 28.2 Å². The molecule has 200 valence electrons. The number of nitrogens with zero attached hydrogens (tertiary/aromatic N) is 2. The Bertz CT molecular complexity index is 1470. The van der Waals surface area contributed by atoms with Crippen LogP contribution in [-0.2, 0) is 16.0 Å². The second kappa shape index (κ2) is 11.7. The molecule has 39 heavy (non-hydrogen) atoms. The van der Waals surface area contributed by atoms with E-state index in [1.807, 2.05) is 24.3 Å². The fraction of sp³-hybridized carbons (Fsp3) is 0.290. The molecule has 2 aromatic carbocycles. The molecule has 2 aromatic heterocycles. The summed E-state index contributed by atoms with van der Waals surface area (Å²) in [5.41, 5.74) is 4.75. The molecule has 5 rings (SSSR count). The molecule has 6 nitrogen and oxygen atoms in total. The Morgan fingerprint density at radius 1 is 1.05 bits per heavy atom. The van der Waals surface area contributed by atoms with Crippen LogP contribution in [0.5, 0.6) is 0 Å². The van der Waals surface area contributed by atoms with Crippen LogP contribution in [0.25, 0.3) is 22.0 Å². The maximum atomic E-state index is 14.7. The largest absolute Gasteiger partial charge is 0.481 e. The number of para-hydroxylation sites is 1. The Morgan fingerprint density at radius 2 is 1.82 bits per heavy atom. The van der Waals surface area contributed by atoms with Gasteiger partial charge in [-0.2, -0.15) is 0 Å². The summed E-state index contributed by atoms with van der Waals surface area (Å²) >= 11 is 0. The number of carboxylic acid groups (broad SMARTS) is 1. The van der Waals surface area contributed by atoms with Crippen molar-refractivity contribution in [3.8, 4) is 11.1 Å². The maximum Gasteiger partial charge on any atom is 0.339 e. The summed E-state index contributed by atoms with van der Waals surface area (Å²) in [6.45, 7) is 0. The first-order valence-electron chi connectivity index (χ1n) is 13.0. The number of rotatable bonds is 11. The van der Waals surface area contributed by atoms with E-state index >= 15 is 0 Å². The first kappa shape index (κ1) is 26.4. The minimum Gasteiger partial charge on any atom is -0.481 e. The van der Waals surface area contributed by atoms with Crippen molar-refractivity contribution in [3.63, 3.8) is 0 Å². The van der Waals surface area contributed by atoms with E-state index in [4.69, 9.17) is 14.8 Å². The van der Waals surface area contributed by atoms with Crippen molar-refractivity contribution in [2.24, 2.45) is 0 Å². The normalized spacial score (nSPS) is 14.6. The summed E-state index contributed by atoms with van der Waals surface area (Å²) in [5, 5.41) is 9.98. The zero-order chi connectivity index (χ0) is 27.4. The van der Waals surface area contributed by atoms with Gasteiger partial charge in [-0.1, -0.05) is 30.3 Å². The van der Waals surface area contributed by atoms with Crippen molar-refractivity contribution >= 4 is 22.8 Å². The number of aromatic nitrogens is 2. The van der Waals surface area contributed by atoms with Crippen LogP contribution >= 0.6 is 0 Å². The quantitative estimate of drug-likeness (QED) is 0.218. The molecule has 0 aliphatic heterocycles. The SMILES string of the molecule is O=C(O)C[C@@H](F)C[C@@H](CCc1c(C2CC2)nc2ccccc2c1-c1ccc(F)cc1)OC(=O)c1cccnc1. The predicted octanol–water partition coefficient (Wildman–Crippen LogP) is 6.67. The van der Waals surface area contributed by atoms with E-state index < -0.39 is 30.6 Å². The van der Waals surface area contributed by atoms with E-state index in [1.54, 1.807) is 24.3 Å². The molecule has 2 heterocycles. The van der Waals surface area contributed by atoms with Crippen LogP contribution in [0.3, 0.4) is 0 Å². The summed E-state index contributed by atoms with van der Waals surface area (Å²) in [6.07, 6.45) is 2.13. The van der Waals surface area contributed by atoms with E-state index in [1.165, 1.54) is 24.5 Å². The van der Waals surface area contributed by atoms with Gasteiger partial charge in [0.1, 0.15) is 18.1 Å². The number of hydrogen-bond donors (Lipinski definition) is 1. The van der Waals surface area contributed by atoms with Crippen LogP contribution in [0.4, 0.5) is 8.78 Å². The van der Waals surface area contributed by atoms with Gasteiger partial charge in [-0.15, -0.1) is 0 Å². The second-order valence-electron chi connectivity index (χ2n) is 9.89. The maximum absolute atomic E-state index is 14.7. The molecule has 0 amide bonds. The van der Waals surface area contributed by atoms with E-state index in [9.17, 15) is 18.4 Å². The first-order valence-corrected chi connectivity index (χ1v) is 13.0. The van der Waals surface area contributed by atoms with E-state index in [2.05, 4.69) is 4.98 Å². The lowest BCUT2D eigenvalue weighted by atomic mass is 9.89. The number of halogens is 2. The molecule has 1 aliphatic rings. The summed E-state index contributed by atoms with van der Waals surface area (Å²) in [4.78, 5) is 32.8. The van der Waals surface area contributed by atoms with Gasteiger partial charge in [0.15, 0.2) is 0 Å². The molecule has 0 saturated heterocycles. The smallest absolute Gasteiger partial charge is 0.339 e. The van der Waals surface area contributed by atoms with Gasteiger partial charge in [-0.05, 0) is 72.7 Å². The van der Waals surface area contributed by atoms with Gasteiger partial charge in [0.2, 0.25) is 0 Å². The Hall–Kier alpha value is -4.20. The third kappa shape index (κ3) is 6.45. The van der Waals surface area contributed by atoms with Crippen molar-refractivity contribution in [3.05, 3.63) is 95.7 Å². The Morgan fingerprint density at radius 3 is 2.51 bits per heavy atom. The predicted molar refractivity (Wildman–Crippen MR) is 143 cm³/mol. The number of hydrogen-bond acceptors (Lipinski definition) is 5. The molecule has 1 saturated carbocycles. The first-order chi connectivity index (χ1) is 18.9. The molecule has 1 aliphatic carbocycles. The molecule has 2 atom stereocenters. The van der Waals surface area contributed by atoms with Crippen LogP contribution in [0, 0.1) is 5.82 Å². The lowest BCUT2D eigenvalue weighted by molar-refractivity contribution is -0.138. The number of carbonyl (C=O) groups excluding carboxylic acids is 1. The summed E-state index contributed by atoms with van der Waals surface area (Å²) < 4.78 is 34.2. The van der Waals surface area contributed by atoms with Gasteiger partial charge >= 0.3 is 11.9 Å². The van der Waals surface area contributed by atoms with Gasteiger partial charge in [-0.3, -0.25) is 14.8 Å². The summed E-state index contributed by atoms with van der Waals surface area (Å²) in [5.74, 6) is -1.95. The number of alkyl halides is 1. The van der Waals surface area contributed by atoms with E-state index in [0.29, 0.717) is 12.3 Å². The number of fused-ring (bicyclic) bond motifs is 1. The van der Waals surface area contributed by atoms with Crippen LogP contribution in [0.1, 0.15) is 59.6 Å². The Labute approximate surface area is 224 Å². The number of esters is 1. The third-order valence-electron chi connectivity index (χ3n) is 6.92. The Balaban J connectivity index is 1.51. The topological polar surface area (TPSA) is 89.4 Å². The fourth-order valence-corrected chi connectivity index (χ4v) is 4.96. The molecule has 8 heteroatoms. The summed E-state index contributed by atoms with van der Waals surface area (Å²) in [7, 11) is 0. The number of aliphatic carboxylic acids is 1. The number of carboxylic acids is 1. The number of pyridine rings is 2. The van der Waals surface area contributed by atoms with Crippen LogP contribution in [0.2, 0.25) is 0 Å². The highest BCUT2D eigenvalue weighted by Gasteiger charge is 2.31. The van der Waals surface area contributed by atoms with Gasteiger partial charge in [0.05, 0.1) is 17.5 Å². The zero-order valence-electron chi connectivity index (χ0n) is 21.2. The average molecular weight is 531 g/mol. The lowest BCUT2D eigenvalue weighted by Gasteiger charge is -2.22. The minimum absolute atomic E-state index is 0.231. The minimum atomic E-state index is -1.68. The highest BCUT2D eigenvalue weighted by molar-refractivity contribution is 5.97. The molecular weight excluding hydrogens is 502 g/mol. The highest BCUT2D eigenvalue weighted by atomic mass is 19.1.